The summed E-state index contributed by atoms with van der Waals surface area (Å²) >= 11 is 0. The zero-order valence-electron chi connectivity index (χ0n) is 18.2. The summed E-state index contributed by atoms with van der Waals surface area (Å²) in [5, 5.41) is 2.82. The summed E-state index contributed by atoms with van der Waals surface area (Å²) in [5.41, 5.74) is 5.38. The summed E-state index contributed by atoms with van der Waals surface area (Å²) in [6, 6.07) is 22.5. The lowest BCUT2D eigenvalue weighted by Crippen LogP contribution is -2.34. The number of likely N-dealkylation sites (tertiary alicyclic amines) is 1. The van der Waals surface area contributed by atoms with Crippen molar-refractivity contribution < 1.29 is 9.53 Å². The van der Waals surface area contributed by atoms with E-state index in [9.17, 15) is 4.79 Å². The lowest BCUT2D eigenvalue weighted by atomic mass is 9.93. The molecule has 2 heterocycles. The maximum Gasteiger partial charge on any atom is 0.221 e. The van der Waals surface area contributed by atoms with Crippen LogP contribution in [0.1, 0.15) is 36.9 Å². The summed E-state index contributed by atoms with van der Waals surface area (Å²) < 4.78 is 5.26. The SMILES string of the molecule is COc1ccc(-c2cccc([C@H]3CCCN(Cc4ccc(NC(C)=O)cc4)C3)n2)cc1. The van der Waals surface area contributed by atoms with Gasteiger partial charge in [0.1, 0.15) is 5.75 Å². The number of anilines is 1. The van der Waals surface area contributed by atoms with Crippen LogP contribution >= 0.6 is 0 Å². The van der Waals surface area contributed by atoms with Crippen molar-refractivity contribution in [3.8, 4) is 17.0 Å². The first-order valence-electron chi connectivity index (χ1n) is 10.8. The van der Waals surface area contributed by atoms with Crippen molar-refractivity contribution in [2.24, 2.45) is 0 Å². The average molecular weight is 416 g/mol. The van der Waals surface area contributed by atoms with E-state index in [0.717, 1.165) is 48.7 Å². The van der Waals surface area contributed by atoms with E-state index in [2.05, 4.69) is 52.7 Å². The topological polar surface area (TPSA) is 54.5 Å². The van der Waals surface area contributed by atoms with Crippen LogP contribution in [-0.4, -0.2) is 36.0 Å². The number of piperidine rings is 1. The Morgan fingerprint density at radius 1 is 1.10 bits per heavy atom. The number of aromatic nitrogens is 1. The van der Waals surface area contributed by atoms with Crippen molar-refractivity contribution in [1.29, 1.82) is 0 Å². The minimum atomic E-state index is -0.0454. The highest BCUT2D eigenvalue weighted by Gasteiger charge is 2.22. The van der Waals surface area contributed by atoms with Crippen LogP contribution in [0.5, 0.6) is 5.75 Å². The molecule has 1 saturated heterocycles. The van der Waals surface area contributed by atoms with Crippen LogP contribution in [0.4, 0.5) is 5.69 Å². The number of benzene rings is 2. The van der Waals surface area contributed by atoms with Gasteiger partial charge in [-0.2, -0.15) is 0 Å². The molecule has 1 aliphatic heterocycles. The number of rotatable bonds is 6. The smallest absolute Gasteiger partial charge is 0.221 e. The second-order valence-corrected chi connectivity index (χ2v) is 8.13. The maximum atomic E-state index is 11.2. The molecule has 1 aromatic heterocycles. The number of methoxy groups -OCH3 is 1. The van der Waals surface area contributed by atoms with Crippen LogP contribution in [0, 0.1) is 0 Å². The summed E-state index contributed by atoms with van der Waals surface area (Å²) in [4.78, 5) is 18.7. The fraction of sp³-hybridized carbons (Fsp3) is 0.308. The number of amides is 1. The molecule has 4 rings (SSSR count). The fourth-order valence-corrected chi connectivity index (χ4v) is 4.20. The van der Waals surface area contributed by atoms with Crippen LogP contribution in [0.3, 0.4) is 0 Å². The normalized spacial score (nSPS) is 16.6. The van der Waals surface area contributed by atoms with E-state index in [1.54, 1.807) is 7.11 Å². The Labute approximate surface area is 184 Å². The molecule has 1 N–H and O–H groups in total. The Hall–Kier alpha value is -3.18. The molecule has 0 bridgehead atoms. The van der Waals surface area contributed by atoms with E-state index in [-0.39, 0.29) is 5.91 Å². The third-order valence-electron chi connectivity index (χ3n) is 5.76. The van der Waals surface area contributed by atoms with Gasteiger partial charge in [-0.25, -0.2) is 0 Å². The highest BCUT2D eigenvalue weighted by molar-refractivity contribution is 5.88. The Bertz CT molecular complexity index is 1020. The van der Waals surface area contributed by atoms with Crippen molar-refractivity contribution in [3.05, 3.63) is 78.0 Å². The van der Waals surface area contributed by atoms with Crippen molar-refractivity contribution in [1.82, 2.24) is 9.88 Å². The van der Waals surface area contributed by atoms with E-state index >= 15 is 0 Å². The van der Waals surface area contributed by atoms with Gasteiger partial charge in [-0.05, 0) is 73.5 Å². The quantitative estimate of drug-likeness (QED) is 0.609. The summed E-state index contributed by atoms with van der Waals surface area (Å²) in [6.45, 7) is 4.54. The van der Waals surface area contributed by atoms with E-state index in [1.807, 2.05) is 24.3 Å². The number of nitrogens with zero attached hydrogens (tertiary/aromatic N) is 2. The number of nitrogens with one attached hydrogen (secondary N) is 1. The molecule has 5 nitrogen and oxygen atoms in total. The Morgan fingerprint density at radius 2 is 1.87 bits per heavy atom. The largest absolute Gasteiger partial charge is 0.497 e. The average Bonchev–Trinajstić information content (AvgIpc) is 2.80. The molecule has 3 aromatic rings. The predicted octanol–water partition coefficient (Wildman–Crippen LogP) is 5.10. The monoisotopic (exact) mass is 415 g/mol. The highest BCUT2D eigenvalue weighted by atomic mass is 16.5. The maximum absolute atomic E-state index is 11.2. The van der Waals surface area contributed by atoms with Crippen LogP contribution in [0.2, 0.25) is 0 Å². The van der Waals surface area contributed by atoms with E-state index in [4.69, 9.17) is 9.72 Å². The number of carbonyl (C=O) groups is 1. The number of pyridine rings is 1. The minimum Gasteiger partial charge on any atom is -0.497 e. The van der Waals surface area contributed by atoms with Crippen LogP contribution in [0.25, 0.3) is 11.3 Å². The van der Waals surface area contributed by atoms with Gasteiger partial charge in [-0.15, -0.1) is 0 Å². The van der Waals surface area contributed by atoms with Gasteiger partial charge in [0.15, 0.2) is 0 Å². The molecular weight excluding hydrogens is 386 g/mol. The molecule has 0 saturated carbocycles. The minimum absolute atomic E-state index is 0.0454. The molecule has 160 valence electrons. The first-order chi connectivity index (χ1) is 15.1. The van der Waals surface area contributed by atoms with Gasteiger partial charge >= 0.3 is 0 Å². The van der Waals surface area contributed by atoms with Crippen molar-refractivity contribution in [3.63, 3.8) is 0 Å². The van der Waals surface area contributed by atoms with Crippen molar-refractivity contribution >= 4 is 11.6 Å². The molecule has 1 fully saturated rings. The molecule has 0 aliphatic carbocycles. The lowest BCUT2D eigenvalue weighted by Gasteiger charge is -2.32. The van der Waals surface area contributed by atoms with Crippen LogP contribution < -0.4 is 10.1 Å². The highest BCUT2D eigenvalue weighted by Crippen LogP contribution is 2.29. The van der Waals surface area contributed by atoms with E-state index < -0.39 is 0 Å². The summed E-state index contributed by atoms with van der Waals surface area (Å²) in [5.74, 6) is 1.24. The fourth-order valence-electron chi connectivity index (χ4n) is 4.20. The van der Waals surface area contributed by atoms with Crippen LogP contribution in [-0.2, 0) is 11.3 Å². The van der Waals surface area contributed by atoms with Crippen LogP contribution in [0.15, 0.2) is 66.7 Å². The van der Waals surface area contributed by atoms with Gasteiger partial charge in [-0.3, -0.25) is 14.7 Å². The zero-order chi connectivity index (χ0) is 21.6. The first kappa shape index (κ1) is 21.1. The molecular formula is C26H29N3O2. The first-order valence-corrected chi connectivity index (χ1v) is 10.8. The standard InChI is InChI=1S/C26H29N3O2/c1-19(30)27-23-12-8-20(9-13-23)17-29-16-4-5-22(18-29)26-7-3-6-25(28-26)21-10-14-24(31-2)15-11-21/h3,6-15,22H,4-5,16-18H2,1-2H3,(H,27,30)/t22-/m0/s1. The van der Waals surface area contributed by atoms with Gasteiger partial charge in [0.25, 0.3) is 0 Å². The second kappa shape index (κ2) is 9.75. The predicted molar refractivity (Wildman–Crippen MR) is 124 cm³/mol. The molecule has 31 heavy (non-hydrogen) atoms. The third-order valence-corrected chi connectivity index (χ3v) is 5.76. The van der Waals surface area contributed by atoms with Gasteiger partial charge in [0.05, 0.1) is 12.8 Å². The van der Waals surface area contributed by atoms with Gasteiger partial charge in [-0.1, -0.05) is 18.2 Å². The lowest BCUT2D eigenvalue weighted by molar-refractivity contribution is -0.114. The second-order valence-electron chi connectivity index (χ2n) is 8.13. The molecule has 0 radical (unpaired) electrons. The van der Waals surface area contributed by atoms with Crippen molar-refractivity contribution in [2.75, 3.05) is 25.5 Å². The Balaban J connectivity index is 1.43. The van der Waals surface area contributed by atoms with Gasteiger partial charge in [0.2, 0.25) is 5.91 Å². The molecule has 0 spiro atoms. The summed E-state index contributed by atoms with van der Waals surface area (Å²) in [7, 11) is 1.68. The van der Waals surface area contributed by atoms with E-state index in [1.165, 1.54) is 24.6 Å². The van der Waals surface area contributed by atoms with Gasteiger partial charge in [0, 0.05) is 42.9 Å². The zero-order valence-corrected chi connectivity index (χ0v) is 18.2. The summed E-state index contributed by atoms with van der Waals surface area (Å²) in [6.07, 6.45) is 2.33. The molecule has 1 amide bonds. The molecule has 1 aliphatic rings. The number of ether oxygens (including phenoxy) is 1. The molecule has 2 aromatic carbocycles. The Kier molecular flexibility index (Phi) is 6.63. The number of hydrogen-bond acceptors (Lipinski definition) is 4. The number of hydrogen-bond donors (Lipinski definition) is 1. The number of carbonyl (C=O) groups excluding carboxylic acids is 1. The van der Waals surface area contributed by atoms with E-state index in [0.29, 0.717) is 5.92 Å². The van der Waals surface area contributed by atoms with Gasteiger partial charge < -0.3 is 10.1 Å². The Morgan fingerprint density at radius 3 is 2.58 bits per heavy atom. The molecule has 0 unspecified atom stereocenters. The molecule has 5 heteroatoms. The molecule has 1 atom stereocenters. The van der Waals surface area contributed by atoms with Crippen molar-refractivity contribution in [2.45, 2.75) is 32.2 Å². The third kappa shape index (κ3) is 5.50.